The first-order valence-corrected chi connectivity index (χ1v) is 10.4. The Bertz CT molecular complexity index is 1300. The van der Waals surface area contributed by atoms with Crippen LogP contribution in [0.4, 0.5) is 5.69 Å². The maximum atomic E-state index is 12.7. The van der Waals surface area contributed by atoms with Crippen molar-refractivity contribution in [3.63, 3.8) is 0 Å². The number of hydrogen-bond acceptors (Lipinski definition) is 7. The summed E-state index contributed by atoms with van der Waals surface area (Å²) < 4.78 is 17.8. The molecule has 1 aromatic carbocycles. The number of carbonyl (C=O) groups is 3. The second-order valence-electron chi connectivity index (χ2n) is 7.38. The molecule has 0 spiro atoms. The summed E-state index contributed by atoms with van der Waals surface area (Å²) in [6, 6.07) is 13.3. The lowest BCUT2D eigenvalue weighted by atomic mass is 10.1. The number of aromatic nitrogens is 2. The van der Waals surface area contributed by atoms with E-state index in [-0.39, 0.29) is 36.1 Å². The summed E-state index contributed by atoms with van der Waals surface area (Å²) in [7, 11) is 1.60. The highest BCUT2D eigenvalue weighted by molar-refractivity contribution is 6.07. The summed E-state index contributed by atoms with van der Waals surface area (Å²) in [5, 5.41) is 9.44. The van der Waals surface area contributed by atoms with Crippen LogP contribution in [-0.4, -0.2) is 27.4 Å². The molecule has 0 saturated carbocycles. The predicted octanol–water partition coefficient (Wildman–Crippen LogP) is 3.57. The minimum Gasteiger partial charge on any atom is -0.486 e. The van der Waals surface area contributed by atoms with E-state index in [0.717, 1.165) is 0 Å². The van der Waals surface area contributed by atoms with E-state index in [1.807, 2.05) is 0 Å². The fourth-order valence-electron chi connectivity index (χ4n) is 3.16. The number of nitrogens with one attached hydrogen (secondary N) is 2. The van der Waals surface area contributed by atoms with Crippen molar-refractivity contribution >= 4 is 23.3 Å². The van der Waals surface area contributed by atoms with Gasteiger partial charge in [-0.25, -0.2) is 0 Å². The van der Waals surface area contributed by atoms with Crippen LogP contribution in [0.25, 0.3) is 0 Å². The van der Waals surface area contributed by atoms with Crippen molar-refractivity contribution in [2.45, 2.75) is 20.1 Å². The van der Waals surface area contributed by atoms with E-state index < -0.39 is 11.8 Å². The molecule has 4 rings (SSSR count). The molecule has 2 N–H and O–H groups in total. The molecule has 0 fully saturated rings. The SMILES string of the molecule is CC(=O)c1ccc(OCc2ccc(C(=O)Nc3cnn(C)c3C(=O)NCc3ccco3)o2)cc1. The molecular formula is C24H22N4O6. The Morgan fingerprint density at radius 2 is 1.82 bits per heavy atom. The molecule has 0 saturated heterocycles. The van der Waals surface area contributed by atoms with E-state index in [1.54, 1.807) is 49.5 Å². The molecule has 10 heteroatoms. The van der Waals surface area contributed by atoms with E-state index in [1.165, 1.54) is 30.1 Å². The van der Waals surface area contributed by atoms with Gasteiger partial charge in [0.25, 0.3) is 11.8 Å². The first-order chi connectivity index (χ1) is 16.4. The number of rotatable bonds is 9. The Balaban J connectivity index is 1.36. The van der Waals surface area contributed by atoms with Gasteiger partial charge in [-0.05, 0) is 55.5 Å². The van der Waals surface area contributed by atoms with Crippen LogP contribution < -0.4 is 15.4 Å². The summed E-state index contributed by atoms with van der Waals surface area (Å²) >= 11 is 0. The van der Waals surface area contributed by atoms with Crippen molar-refractivity contribution in [3.8, 4) is 5.75 Å². The lowest BCUT2D eigenvalue weighted by molar-refractivity contribution is 0.0938. The van der Waals surface area contributed by atoms with Crippen molar-refractivity contribution in [2.75, 3.05) is 5.32 Å². The van der Waals surface area contributed by atoms with Gasteiger partial charge in [0.1, 0.15) is 29.6 Å². The molecule has 0 bridgehead atoms. The van der Waals surface area contributed by atoms with Crippen LogP contribution in [0.2, 0.25) is 0 Å². The zero-order valence-electron chi connectivity index (χ0n) is 18.5. The van der Waals surface area contributed by atoms with E-state index in [2.05, 4.69) is 15.7 Å². The Hall–Kier alpha value is -4.60. The van der Waals surface area contributed by atoms with Gasteiger partial charge >= 0.3 is 0 Å². The lowest BCUT2D eigenvalue weighted by Gasteiger charge is -2.07. The zero-order valence-corrected chi connectivity index (χ0v) is 18.5. The number of amides is 2. The van der Waals surface area contributed by atoms with Crippen molar-refractivity contribution in [1.82, 2.24) is 15.1 Å². The normalized spacial score (nSPS) is 10.6. The van der Waals surface area contributed by atoms with Gasteiger partial charge < -0.3 is 24.2 Å². The van der Waals surface area contributed by atoms with Gasteiger partial charge in [-0.1, -0.05) is 0 Å². The van der Waals surface area contributed by atoms with E-state index in [0.29, 0.717) is 22.8 Å². The van der Waals surface area contributed by atoms with Crippen LogP contribution in [0, 0.1) is 0 Å². The fraction of sp³-hybridized carbons (Fsp3) is 0.167. The number of furan rings is 2. The molecule has 174 valence electrons. The molecule has 0 aliphatic carbocycles. The average Bonchev–Trinajstić information content (AvgIpc) is 3.58. The molecule has 4 aromatic rings. The average molecular weight is 462 g/mol. The number of nitrogens with zero attached hydrogens (tertiary/aromatic N) is 2. The molecule has 0 aliphatic rings. The van der Waals surface area contributed by atoms with Gasteiger partial charge in [0, 0.05) is 12.6 Å². The number of hydrogen-bond donors (Lipinski definition) is 2. The quantitative estimate of drug-likeness (QED) is 0.364. The Morgan fingerprint density at radius 1 is 1.03 bits per heavy atom. The number of benzene rings is 1. The molecule has 10 nitrogen and oxygen atoms in total. The van der Waals surface area contributed by atoms with Gasteiger partial charge in [-0.3, -0.25) is 19.1 Å². The lowest BCUT2D eigenvalue weighted by Crippen LogP contribution is -2.26. The molecule has 0 atom stereocenters. The molecule has 0 aliphatic heterocycles. The maximum Gasteiger partial charge on any atom is 0.291 e. The second-order valence-corrected chi connectivity index (χ2v) is 7.38. The fourth-order valence-corrected chi connectivity index (χ4v) is 3.16. The highest BCUT2D eigenvalue weighted by atomic mass is 16.5. The third kappa shape index (κ3) is 5.23. The summed E-state index contributed by atoms with van der Waals surface area (Å²) in [4.78, 5) is 36.6. The zero-order chi connectivity index (χ0) is 24.1. The molecule has 3 aromatic heterocycles. The highest BCUT2D eigenvalue weighted by Crippen LogP contribution is 2.19. The topological polar surface area (TPSA) is 129 Å². The molecule has 0 unspecified atom stereocenters. The standard InChI is InChI=1S/C24H22N4O6/c1-15(29)16-5-7-17(8-6-16)33-14-19-9-10-21(34-19)23(30)27-20-13-26-28(2)22(20)24(31)25-12-18-4-3-11-32-18/h3-11,13H,12,14H2,1-2H3,(H,25,31)(H,27,30). The van der Waals surface area contributed by atoms with Crippen molar-refractivity contribution in [1.29, 1.82) is 0 Å². The number of carbonyl (C=O) groups excluding carboxylic acids is 3. The highest BCUT2D eigenvalue weighted by Gasteiger charge is 2.21. The summed E-state index contributed by atoms with van der Waals surface area (Å²) in [5.41, 5.74) is 1.02. The van der Waals surface area contributed by atoms with Crippen molar-refractivity contribution in [2.24, 2.45) is 7.05 Å². The monoisotopic (exact) mass is 462 g/mol. The van der Waals surface area contributed by atoms with Crippen LogP contribution >= 0.6 is 0 Å². The Labute approximate surface area is 194 Å². The summed E-state index contributed by atoms with van der Waals surface area (Å²) in [6.07, 6.45) is 2.90. The second kappa shape index (κ2) is 9.90. The number of aryl methyl sites for hydroxylation is 1. The van der Waals surface area contributed by atoms with Crippen LogP contribution in [0.15, 0.2) is 69.8 Å². The van der Waals surface area contributed by atoms with Crippen LogP contribution in [-0.2, 0) is 20.2 Å². The Kier molecular flexibility index (Phi) is 6.58. The largest absolute Gasteiger partial charge is 0.486 e. The van der Waals surface area contributed by atoms with Gasteiger partial charge in [0.15, 0.2) is 11.5 Å². The van der Waals surface area contributed by atoms with Crippen LogP contribution in [0.5, 0.6) is 5.75 Å². The first kappa shape index (κ1) is 22.6. The maximum absolute atomic E-state index is 12.7. The predicted molar refractivity (Wildman–Crippen MR) is 121 cm³/mol. The minimum atomic E-state index is -0.537. The van der Waals surface area contributed by atoms with Gasteiger partial charge in [0.2, 0.25) is 0 Å². The third-order valence-corrected chi connectivity index (χ3v) is 4.93. The first-order valence-electron chi connectivity index (χ1n) is 10.4. The molecule has 0 radical (unpaired) electrons. The van der Waals surface area contributed by atoms with Crippen molar-refractivity contribution in [3.05, 3.63) is 89.5 Å². The number of anilines is 1. The number of ether oxygens (including phenoxy) is 1. The van der Waals surface area contributed by atoms with Crippen LogP contribution in [0.3, 0.4) is 0 Å². The number of Topliss-reactive ketones (excluding diaryl/α,β-unsaturated/α-hetero) is 1. The Morgan fingerprint density at radius 3 is 2.53 bits per heavy atom. The third-order valence-electron chi connectivity index (χ3n) is 4.93. The van der Waals surface area contributed by atoms with E-state index in [9.17, 15) is 14.4 Å². The van der Waals surface area contributed by atoms with Gasteiger partial charge in [0.05, 0.1) is 24.7 Å². The molecule has 34 heavy (non-hydrogen) atoms. The van der Waals surface area contributed by atoms with E-state index in [4.69, 9.17) is 13.6 Å². The minimum absolute atomic E-state index is 0.0278. The summed E-state index contributed by atoms with van der Waals surface area (Å²) in [6.45, 7) is 1.79. The number of ketones is 1. The van der Waals surface area contributed by atoms with E-state index >= 15 is 0 Å². The van der Waals surface area contributed by atoms with Crippen molar-refractivity contribution < 1.29 is 28.0 Å². The van der Waals surface area contributed by atoms with Gasteiger partial charge in [-0.2, -0.15) is 5.10 Å². The summed E-state index contributed by atoms with van der Waals surface area (Å²) in [5.74, 6) is 0.662. The smallest absolute Gasteiger partial charge is 0.291 e. The van der Waals surface area contributed by atoms with Gasteiger partial charge in [-0.15, -0.1) is 0 Å². The molecular weight excluding hydrogens is 440 g/mol. The molecule has 2 amide bonds. The van der Waals surface area contributed by atoms with Crippen LogP contribution in [0.1, 0.15) is 49.8 Å². The molecule has 3 heterocycles.